The van der Waals surface area contributed by atoms with E-state index in [9.17, 15) is 9.50 Å². The van der Waals surface area contributed by atoms with E-state index in [1.165, 1.54) is 11.6 Å². The van der Waals surface area contributed by atoms with Gasteiger partial charge in [0.25, 0.3) is 0 Å². The summed E-state index contributed by atoms with van der Waals surface area (Å²) < 4.78 is 16.0. The Morgan fingerprint density at radius 3 is 2.24 bits per heavy atom. The van der Waals surface area contributed by atoms with Crippen LogP contribution in [-0.2, 0) is 20.1 Å². The third kappa shape index (κ3) is 5.73. The Morgan fingerprint density at radius 1 is 0.714 bits per heavy atom. The molecule has 2 heterocycles. The number of pyridine rings is 1. The molecule has 0 saturated heterocycles. The van der Waals surface area contributed by atoms with Gasteiger partial charge in [0.1, 0.15) is 17.4 Å². The molecule has 0 fully saturated rings. The largest absolute Gasteiger partial charge is 0.507 e. The van der Waals surface area contributed by atoms with E-state index in [0.29, 0.717) is 5.39 Å². The summed E-state index contributed by atoms with van der Waals surface area (Å²) in [4.78, 5) is 8.89. The molecule has 0 unspecified atom stereocenters. The molecule has 1 radical (unpaired) electrons. The van der Waals surface area contributed by atoms with Gasteiger partial charge in [-0.3, -0.25) is 4.57 Å². The van der Waals surface area contributed by atoms with Crippen LogP contribution in [0.25, 0.3) is 49.9 Å². The van der Waals surface area contributed by atoms with Crippen LogP contribution in [0.2, 0.25) is 0 Å². The predicted octanol–water partition coefficient (Wildman–Crippen LogP) is 8.85. The fourth-order valence-electron chi connectivity index (χ4n) is 5.18. The molecule has 7 rings (SSSR count). The predicted molar refractivity (Wildman–Crippen MR) is 164 cm³/mol. The number of aromatic hydroxyl groups is 1. The molecule has 1 N–H and O–H groups in total. The minimum absolute atomic E-state index is 0. The molecule has 7 aromatic rings. The van der Waals surface area contributed by atoms with Crippen molar-refractivity contribution in [2.75, 3.05) is 0 Å². The molecule has 0 aliphatic heterocycles. The van der Waals surface area contributed by atoms with Crippen molar-refractivity contribution < 1.29 is 29.6 Å². The molecule has 2 aromatic heterocycles. The van der Waals surface area contributed by atoms with Crippen LogP contribution in [0, 0.1) is 25.7 Å². The first-order valence-electron chi connectivity index (χ1n) is 13.3. The van der Waals surface area contributed by atoms with Gasteiger partial charge >= 0.3 is 0 Å². The minimum Gasteiger partial charge on any atom is -0.507 e. The van der Waals surface area contributed by atoms with Crippen LogP contribution in [0.4, 0.5) is 4.39 Å². The first-order valence-corrected chi connectivity index (χ1v) is 13.3. The maximum Gasteiger partial charge on any atom is 0.148 e. The molecule has 0 aliphatic rings. The number of aromatic nitrogens is 3. The summed E-state index contributed by atoms with van der Waals surface area (Å²) in [6.45, 7) is 4.10. The quantitative estimate of drug-likeness (QED) is 0.146. The van der Waals surface area contributed by atoms with Gasteiger partial charge in [0, 0.05) is 49.8 Å². The number of phenols is 1. The van der Waals surface area contributed by atoms with Crippen molar-refractivity contribution in [3.8, 4) is 34.1 Å². The third-order valence-corrected chi connectivity index (χ3v) is 6.97. The van der Waals surface area contributed by atoms with Crippen LogP contribution >= 0.6 is 0 Å². The van der Waals surface area contributed by atoms with Gasteiger partial charge in [-0.1, -0.05) is 68.4 Å². The summed E-state index contributed by atoms with van der Waals surface area (Å²) >= 11 is 0. The molecule has 0 spiro atoms. The SMILES string of the molecule is Cc1[c-]c(-c2nccc3c2ccc2c(F)cccc23)cc(C)c1.Oc1ccccc1-c1nccn1-c1ccccc1.[Ir]. The van der Waals surface area contributed by atoms with Crippen LogP contribution in [0.15, 0.2) is 122 Å². The molecule has 5 aromatic carbocycles. The second-order valence-corrected chi connectivity index (χ2v) is 9.88. The molecule has 0 atom stereocenters. The number of halogens is 1. The maximum atomic E-state index is 14.0. The Hall–Kier alpha value is -4.64. The summed E-state index contributed by atoms with van der Waals surface area (Å²) in [7, 11) is 0. The van der Waals surface area contributed by atoms with Gasteiger partial charge in [-0.15, -0.1) is 34.9 Å². The second kappa shape index (κ2) is 12.5. The first-order chi connectivity index (χ1) is 20.0. The monoisotopic (exact) mass is 729 g/mol. The van der Waals surface area contributed by atoms with E-state index in [2.05, 4.69) is 35.1 Å². The smallest absolute Gasteiger partial charge is 0.148 e. The minimum atomic E-state index is -0.194. The van der Waals surface area contributed by atoms with E-state index in [1.807, 2.05) is 84.4 Å². The van der Waals surface area contributed by atoms with Gasteiger partial charge in [0.05, 0.1) is 5.56 Å². The summed E-state index contributed by atoms with van der Waals surface area (Å²) in [6.07, 6.45) is 5.40. The average Bonchev–Trinajstić information content (AvgIpc) is 3.47. The molecule has 0 amide bonds. The number of para-hydroxylation sites is 2. The molecule has 4 nitrogen and oxygen atoms in total. The standard InChI is InChI=1S/C21H15FN.C15H12N2O.Ir/c1-13-10-14(2)12-15(11-13)21-19-7-6-18-16(4-3-5-20(18)22)17(19)8-9-23-21;18-14-9-5-4-8-13(14)15-16-10-11-17(15)12-6-2-1-3-7-12;/h3-11H,1-2H3;1-11,18H;/q-1;;. The van der Waals surface area contributed by atoms with Gasteiger partial charge in [-0.25, -0.2) is 9.37 Å². The zero-order chi connectivity index (χ0) is 28.3. The van der Waals surface area contributed by atoms with Gasteiger partial charge in [0.2, 0.25) is 0 Å². The summed E-state index contributed by atoms with van der Waals surface area (Å²) in [5.41, 5.74) is 5.89. The number of hydrogen-bond acceptors (Lipinski definition) is 3. The number of aryl methyl sites for hydroxylation is 2. The molecular formula is C36H27FIrN3O-. The van der Waals surface area contributed by atoms with Gasteiger partial charge in [-0.05, 0) is 58.3 Å². The van der Waals surface area contributed by atoms with Crippen LogP contribution in [-0.4, -0.2) is 19.6 Å². The van der Waals surface area contributed by atoms with Crippen molar-refractivity contribution in [1.82, 2.24) is 14.5 Å². The summed E-state index contributed by atoms with van der Waals surface area (Å²) in [5.74, 6) is 0.779. The van der Waals surface area contributed by atoms with E-state index < -0.39 is 0 Å². The zero-order valence-electron chi connectivity index (χ0n) is 23.0. The Bertz CT molecular complexity index is 1980. The van der Waals surface area contributed by atoms with Crippen molar-refractivity contribution in [2.45, 2.75) is 13.8 Å². The number of rotatable bonds is 3. The Labute approximate surface area is 257 Å². The molecule has 6 heteroatoms. The van der Waals surface area contributed by atoms with Gasteiger partial charge < -0.3 is 10.1 Å². The van der Waals surface area contributed by atoms with Gasteiger partial charge in [-0.2, -0.15) is 0 Å². The van der Waals surface area contributed by atoms with Crippen molar-refractivity contribution in [2.24, 2.45) is 0 Å². The van der Waals surface area contributed by atoms with E-state index in [4.69, 9.17) is 0 Å². The van der Waals surface area contributed by atoms with E-state index in [0.717, 1.165) is 50.1 Å². The average molecular weight is 729 g/mol. The maximum absolute atomic E-state index is 14.0. The topological polar surface area (TPSA) is 50.9 Å². The van der Waals surface area contributed by atoms with Gasteiger partial charge in [0.15, 0.2) is 0 Å². The number of hydrogen-bond donors (Lipinski definition) is 1. The molecule has 42 heavy (non-hydrogen) atoms. The van der Waals surface area contributed by atoms with Crippen LogP contribution in [0.3, 0.4) is 0 Å². The third-order valence-electron chi connectivity index (χ3n) is 6.97. The number of imidazole rings is 1. The van der Waals surface area contributed by atoms with Crippen molar-refractivity contribution in [3.63, 3.8) is 0 Å². The van der Waals surface area contributed by atoms with Crippen LogP contribution in [0.1, 0.15) is 11.1 Å². The van der Waals surface area contributed by atoms with Crippen molar-refractivity contribution in [3.05, 3.63) is 145 Å². The molecule has 0 bridgehead atoms. The van der Waals surface area contributed by atoms with E-state index in [-0.39, 0.29) is 31.7 Å². The molecular weight excluding hydrogens is 702 g/mol. The van der Waals surface area contributed by atoms with E-state index >= 15 is 0 Å². The van der Waals surface area contributed by atoms with Crippen LogP contribution < -0.4 is 0 Å². The fraction of sp³-hybridized carbons (Fsp3) is 0.0556. The normalized spacial score (nSPS) is 10.6. The number of phenolic OH excluding ortho intramolecular Hbond substituents is 1. The van der Waals surface area contributed by atoms with Crippen molar-refractivity contribution >= 4 is 21.5 Å². The Morgan fingerprint density at radius 2 is 1.45 bits per heavy atom. The molecule has 0 aliphatic carbocycles. The van der Waals surface area contributed by atoms with Crippen molar-refractivity contribution in [1.29, 1.82) is 0 Å². The first kappa shape index (κ1) is 28.9. The Balaban J connectivity index is 0.000000169. The van der Waals surface area contributed by atoms with Crippen LogP contribution in [0.5, 0.6) is 5.75 Å². The second-order valence-electron chi connectivity index (χ2n) is 9.88. The number of benzene rings is 5. The number of nitrogens with zero attached hydrogens (tertiary/aromatic N) is 3. The Kier molecular flexibility index (Phi) is 8.58. The number of fused-ring (bicyclic) bond motifs is 3. The zero-order valence-corrected chi connectivity index (χ0v) is 25.4. The fourth-order valence-corrected chi connectivity index (χ4v) is 5.18. The molecule has 209 valence electrons. The summed E-state index contributed by atoms with van der Waals surface area (Å²) in [6, 6.07) is 35.6. The van der Waals surface area contributed by atoms with E-state index in [1.54, 1.807) is 30.6 Å². The summed E-state index contributed by atoms with van der Waals surface area (Å²) in [5, 5.41) is 13.5. The molecule has 0 saturated carbocycles.